The lowest BCUT2D eigenvalue weighted by Crippen LogP contribution is -2.13. The van der Waals surface area contributed by atoms with Crippen molar-refractivity contribution in [1.29, 1.82) is 0 Å². The molecule has 1 aliphatic carbocycles. The van der Waals surface area contributed by atoms with Gasteiger partial charge in [-0.25, -0.2) is 8.42 Å². The maximum Gasteiger partial charge on any atom is 0.229 e. The third-order valence-electron chi connectivity index (χ3n) is 2.76. The van der Waals surface area contributed by atoms with E-state index < -0.39 is 10.0 Å². The number of ether oxygens (including phenoxy) is 1. The molecule has 0 amide bonds. The SMILES string of the molecule is CC(C)c1c(NS(C)(=O)=O)cccc1OC1CC1. The Balaban J connectivity index is 2.37. The largest absolute Gasteiger partial charge is 0.490 e. The van der Waals surface area contributed by atoms with Crippen molar-refractivity contribution in [2.75, 3.05) is 11.0 Å². The Labute approximate surface area is 108 Å². The topological polar surface area (TPSA) is 55.4 Å². The van der Waals surface area contributed by atoms with Crippen LogP contribution in [0.3, 0.4) is 0 Å². The Morgan fingerprint density at radius 3 is 2.50 bits per heavy atom. The highest BCUT2D eigenvalue weighted by Gasteiger charge is 2.26. The van der Waals surface area contributed by atoms with Gasteiger partial charge in [-0.3, -0.25) is 4.72 Å². The molecule has 0 spiro atoms. The van der Waals surface area contributed by atoms with E-state index in [9.17, 15) is 8.42 Å². The molecule has 100 valence electrons. The fourth-order valence-electron chi connectivity index (χ4n) is 1.90. The van der Waals surface area contributed by atoms with Crippen LogP contribution in [0, 0.1) is 0 Å². The van der Waals surface area contributed by atoms with Crippen LogP contribution in [0.25, 0.3) is 0 Å². The van der Waals surface area contributed by atoms with Gasteiger partial charge in [0.1, 0.15) is 5.75 Å². The molecule has 0 atom stereocenters. The molecule has 1 aromatic rings. The summed E-state index contributed by atoms with van der Waals surface area (Å²) in [6.45, 7) is 4.06. The second-order valence-electron chi connectivity index (χ2n) is 5.06. The molecular formula is C13H19NO3S. The molecule has 0 bridgehead atoms. The van der Waals surface area contributed by atoms with Crippen molar-refractivity contribution in [2.24, 2.45) is 0 Å². The Kier molecular flexibility index (Phi) is 3.52. The molecule has 0 aliphatic heterocycles. The van der Waals surface area contributed by atoms with E-state index in [-0.39, 0.29) is 5.92 Å². The first-order valence-electron chi connectivity index (χ1n) is 6.14. The number of nitrogens with one attached hydrogen (secondary N) is 1. The number of hydrogen-bond donors (Lipinski definition) is 1. The normalized spacial score (nSPS) is 15.8. The van der Waals surface area contributed by atoms with Gasteiger partial charge in [-0.05, 0) is 30.9 Å². The minimum atomic E-state index is -3.27. The van der Waals surface area contributed by atoms with Crippen molar-refractivity contribution >= 4 is 15.7 Å². The van der Waals surface area contributed by atoms with Gasteiger partial charge in [0.25, 0.3) is 0 Å². The second kappa shape index (κ2) is 4.80. The molecule has 1 fully saturated rings. The van der Waals surface area contributed by atoms with Crippen LogP contribution in [0.2, 0.25) is 0 Å². The zero-order valence-electron chi connectivity index (χ0n) is 10.9. The van der Waals surface area contributed by atoms with E-state index in [1.807, 2.05) is 26.0 Å². The highest BCUT2D eigenvalue weighted by molar-refractivity contribution is 7.92. The van der Waals surface area contributed by atoms with Crippen LogP contribution < -0.4 is 9.46 Å². The molecule has 4 nitrogen and oxygen atoms in total. The van der Waals surface area contributed by atoms with E-state index in [0.717, 1.165) is 30.4 Å². The summed E-state index contributed by atoms with van der Waals surface area (Å²) < 4.78 is 31.1. The zero-order chi connectivity index (χ0) is 13.3. The highest BCUT2D eigenvalue weighted by atomic mass is 32.2. The Bertz CT molecular complexity index is 533. The van der Waals surface area contributed by atoms with Crippen LogP contribution in [-0.4, -0.2) is 20.8 Å². The molecule has 18 heavy (non-hydrogen) atoms. The molecule has 0 saturated heterocycles. The van der Waals surface area contributed by atoms with Gasteiger partial charge < -0.3 is 4.74 Å². The molecule has 1 aliphatic rings. The van der Waals surface area contributed by atoms with Gasteiger partial charge in [-0.15, -0.1) is 0 Å². The van der Waals surface area contributed by atoms with Gasteiger partial charge in [-0.2, -0.15) is 0 Å². The lowest BCUT2D eigenvalue weighted by atomic mass is 10.0. The van der Waals surface area contributed by atoms with E-state index in [0.29, 0.717) is 11.8 Å². The minimum absolute atomic E-state index is 0.198. The van der Waals surface area contributed by atoms with Crippen LogP contribution in [0.5, 0.6) is 5.75 Å². The van der Waals surface area contributed by atoms with E-state index in [1.165, 1.54) is 0 Å². The monoisotopic (exact) mass is 269 g/mol. The van der Waals surface area contributed by atoms with Crippen molar-refractivity contribution in [3.8, 4) is 5.75 Å². The average molecular weight is 269 g/mol. The smallest absolute Gasteiger partial charge is 0.229 e. The van der Waals surface area contributed by atoms with Crippen molar-refractivity contribution in [2.45, 2.75) is 38.7 Å². The van der Waals surface area contributed by atoms with Crippen molar-refractivity contribution in [1.82, 2.24) is 0 Å². The van der Waals surface area contributed by atoms with E-state index in [4.69, 9.17) is 4.74 Å². The van der Waals surface area contributed by atoms with E-state index in [1.54, 1.807) is 6.07 Å². The summed E-state index contributed by atoms with van der Waals surface area (Å²) in [5.74, 6) is 0.991. The van der Waals surface area contributed by atoms with Crippen LogP contribution in [0.15, 0.2) is 18.2 Å². The summed E-state index contributed by atoms with van der Waals surface area (Å²) in [4.78, 5) is 0. The maximum absolute atomic E-state index is 11.4. The lowest BCUT2D eigenvalue weighted by molar-refractivity contribution is 0.299. The molecule has 5 heteroatoms. The molecule has 0 heterocycles. The number of sulfonamides is 1. The summed E-state index contributed by atoms with van der Waals surface area (Å²) in [5, 5.41) is 0. The van der Waals surface area contributed by atoms with Crippen molar-refractivity contribution in [3.05, 3.63) is 23.8 Å². The van der Waals surface area contributed by atoms with Gasteiger partial charge in [0, 0.05) is 5.56 Å². The molecule has 1 N–H and O–H groups in total. The van der Waals surface area contributed by atoms with Crippen LogP contribution in [-0.2, 0) is 10.0 Å². The summed E-state index contributed by atoms with van der Waals surface area (Å²) in [6, 6.07) is 5.49. The molecule has 2 rings (SSSR count). The maximum atomic E-state index is 11.4. The Hall–Kier alpha value is -1.23. The summed E-state index contributed by atoms with van der Waals surface area (Å²) in [6.07, 6.45) is 3.63. The fourth-order valence-corrected chi connectivity index (χ4v) is 2.47. The Morgan fingerprint density at radius 1 is 1.33 bits per heavy atom. The number of benzene rings is 1. The van der Waals surface area contributed by atoms with Gasteiger partial charge in [0.15, 0.2) is 0 Å². The first-order valence-corrected chi connectivity index (χ1v) is 8.03. The standard InChI is InChI=1S/C13H19NO3S/c1-9(2)13-11(14-18(3,15)16)5-4-6-12(13)17-10-7-8-10/h4-6,9-10,14H,7-8H2,1-3H3. The predicted molar refractivity (Wildman–Crippen MR) is 72.6 cm³/mol. The molecular weight excluding hydrogens is 250 g/mol. The van der Waals surface area contributed by atoms with E-state index in [2.05, 4.69) is 4.72 Å². The summed E-state index contributed by atoms with van der Waals surface area (Å²) in [5.41, 5.74) is 1.54. The first kappa shape index (κ1) is 13.2. The average Bonchev–Trinajstić information content (AvgIpc) is 2.98. The summed E-state index contributed by atoms with van der Waals surface area (Å²) in [7, 11) is -3.27. The van der Waals surface area contributed by atoms with E-state index >= 15 is 0 Å². The van der Waals surface area contributed by atoms with Crippen LogP contribution in [0.1, 0.15) is 38.2 Å². The highest BCUT2D eigenvalue weighted by Crippen LogP contribution is 2.37. The number of rotatable bonds is 5. The number of anilines is 1. The molecule has 0 radical (unpaired) electrons. The molecule has 1 aromatic carbocycles. The lowest BCUT2D eigenvalue weighted by Gasteiger charge is -2.18. The van der Waals surface area contributed by atoms with Crippen molar-refractivity contribution < 1.29 is 13.2 Å². The van der Waals surface area contributed by atoms with Crippen LogP contribution in [0.4, 0.5) is 5.69 Å². The fraction of sp³-hybridized carbons (Fsp3) is 0.538. The molecule has 0 aromatic heterocycles. The van der Waals surface area contributed by atoms with Crippen LogP contribution >= 0.6 is 0 Å². The Morgan fingerprint density at radius 2 is 2.00 bits per heavy atom. The molecule has 0 unspecified atom stereocenters. The third-order valence-corrected chi connectivity index (χ3v) is 3.35. The van der Waals surface area contributed by atoms with Crippen molar-refractivity contribution in [3.63, 3.8) is 0 Å². The molecule has 1 saturated carbocycles. The quantitative estimate of drug-likeness (QED) is 0.894. The predicted octanol–water partition coefficient (Wildman–Crippen LogP) is 2.72. The van der Waals surface area contributed by atoms with Gasteiger partial charge in [-0.1, -0.05) is 19.9 Å². The number of hydrogen-bond acceptors (Lipinski definition) is 3. The van der Waals surface area contributed by atoms with Gasteiger partial charge >= 0.3 is 0 Å². The first-order chi connectivity index (χ1) is 8.37. The second-order valence-corrected chi connectivity index (χ2v) is 6.81. The summed E-state index contributed by atoms with van der Waals surface area (Å²) >= 11 is 0. The third kappa shape index (κ3) is 3.38. The zero-order valence-corrected chi connectivity index (χ0v) is 11.8. The van der Waals surface area contributed by atoms with Gasteiger partial charge in [0.2, 0.25) is 10.0 Å². The minimum Gasteiger partial charge on any atom is -0.490 e. The van der Waals surface area contributed by atoms with Gasteiger partial charge in [0.05, 0.1) is 18.0 Å².